The number of hydrogen-bond acceptors (Lipinski definition) is 6. The van der Waals surface area contributed by atoms with Crippen molar-refractivity contribution in [3.05, 3.63) is 48.7 Å². The number of aromatic nitrogens is 2. The van der Waals surface area contributed by atoms with Gasteiger partial charge in [-0.2, -0.15) is 0 Å². The molecule has 0 unspecified atom stereocenters. The Morgan fingerprint density at radius 2 is 1.55 bits per heavy atom. The minimum atomic E-state index is -3.16. The van der Waals surface area contributed by atoms with Gasteiger partial charge in [0, 0.05) is 61.8 Å². The maximum atomic E-state index is 11.7. The van der Waals surface area contributed by atoms with Gasteiger partial charge in [-0.3, -0.25) is 0 Å². The van der Waals surface area contributed by atoms with Crippen LogP contribution in [0.2, 0.25) is 0 Å². The molecule has 2 aromatic heterocycles. The molecule has 3 heterocycles. The molecule has 7 nitrogen and oxygen atoms in total. The number of piperazine rings is 1. The molecule has 1 saturated carbocycles. The van der Waals surface area contributed by atoms with Crippen LogP contribution in [0.5, 0.6) is 0 Å². The average Bonchev–Trinajstić information content (AvgIpc) is 3.27. The number of fused-ring (bicyclic) bond motifs is 1. The maximum absolute atomic E-state index is 11.7. The van der Waals surface area contributed by atoms with Gasteiger partial charge >= 0.3 is 0 Å². The van der Waals surface area contributed by atoms with Crippen molar-refractivity contribution < 1.29 is 8.42 Å². The first kappa shape index (κ1) is 22.2. The fourth-order valence-corrected chi connectivity index (χ4v) is 5.86. The van der Waals surface area contributed by atoms with Crippen LogP contribution < -0.4 is 15.1 Å². The summed E-state index contributed by atoms with van der Waals surface area (Å²) in [5, 5.41) is 4.63. The normalized spacial score (nSPS) is 22.1. The molecule has 1 aliphatic carbocycles. The largest absolute Gasteiger partial charge is 0.368 e. The minimum Gasteiger partial charge on any atom is -0.368 e. The van der Waals surface area contributed by atoms with Gasteiger partial charge in [-0.15, -0.1) is 0 Å². The van der Waals surface area contributed by atoms with Gasteiger partial charge in [-0.05, 0) is 75.2 Å². The van der Waals surface area contributed by atoms with Gasteiger partial charge in [0.25, 0.3) is 0 Å². The molecule has 5 rings (SSSR count). The van der Waals surface area contributed by atoms with E-state index in [1.54, 1.807) is 12.1 Å². The standard InChI is InChI=1S/C25H33N5O2S/c1-26-20-4-6-22(7-5-20)30-14-13-19-3-12-24(27-25(19)30)29-17-15-28(16-18-29)21-8-10-23(11-9-21)33(2,31)32/h3,8-14,20,22,26H,4-7,15-18H2,1-2H3/t20-,22+. The summed E-state index contributed by atoms with van der Waals surface area (Å²) in [5.74, 6) is 1.04. The third kappa shape index (κ3) is 4.59. The summed E-state index contributed by atoms with van der Waals surface area (Å²) in [4.78, 5) is 10.1. The molecule has 2 fully saturated rings. The number of anilines is 2. The zero-order valence-corrected chi connectivity index (χ0v) is 20.3. The highest BCUT2D eigenvalue weighted by Gasteiger charge is 2.24. The summed E-state index contributed by atoms with van der Waals surface area (Å²) in [7, 11) is -1.10. The Balaban J connectivity index is 1.28. The Bertz CT molecular complexity index is 1210. The van der Waals surface area contributed by atoms with Gasteiger partial charge < -0.3 is 19.7 Å². The summed E-state index contributed by atoms with van der Waals surface area (Å²) >= 11 is 0. The van der Waals surface area contributed by atoms with Crippen LogP contribution in [0, 0.1) is 0 Å². The third-order valence-corrected chi connectivity index (χ3v) is 8.41. The van der Waals surface area contributed by atoms with E-state index in [-0.39, 0.29) is 0 Å². The van der Waals surface area contributed by atoms with E-state index in [9.17, 15) is 8.42 Å². The molecule has 3 aromatic rings. The van der Waals surface area contributed by atoms with Crippen molar-refractivity contribution in [1.82, 2.24) is 14.9 Å². The van der Waals surface area contributed by atoms with Crippen LogP contribution in [-0.2, 0) is 9.84 Å². The molecule has 33 heavy (non-hydrogen) atoms. The number of hydrogen-bond donors (Lipinski definition) is 1. The Hall–Kier alpha value is -2.58. The lowest BCUT2D eigenvalue weighted by atomic mass is 9.91. The second-order valence-corrected chi connectivity index (χ2v) is 11.4. The molecular weight excluding hydrogens is 434 g/mol. The Morgan fingerprint density at radius 1 is 0.879 bits per heavy atom. The van der Waals surface area contributed by atoms with Gasteiger partial charge in [0.2, 0.25) is 0 Å². The molecule has 0 amide bonds. The van der Waals surface area contributed by atoms with Crippen molar-refractivity contribution >= 4 is 32.4 Å². The minimum absolute atomic E-state index is 0.366. The molecule has 2 aliphatic rings. The zero-order valence-electron chi connectivity index (χ0n) is 19.4. The second kappa shape index (κ2) is 8.99. The summed E-state index contributed by atoms with van der Waals surface area (Å²) in [6.07, 6.45) is 8.27. The lowest BCUT2D eigenvalue weighted by Gasteiger charge is -2.37. The van der Waals surface area contributed by atoms with Crippen molar-refractivity contribution in [2.75, 3.05) is 49.3 Å². The van der Waals surface area contributed by atoms with Gasteiger partial charge in [0.1, 0.15) is 11.5 Å². The highest BCUT2D eigenvalue weighted by Crippen LogP contribution is 2.32. The van der Waals surface area contributed by atoms with Gasteiger partial charge in [-0.25, -0.2) is 13.4 Å². The fraction of sp³-hybridized carbons (Fsp3) is 0.480. The number of sulfone groups is 1. The molecule has 1 aliphatic heterocycles. The first-order valence-corrected chi connectivity index (χ1v) is 13.8. The number of rotatable bonds is 5. The van der Waals surface area contributed by atoms with Crippen molar-refractivity contribution in [3.63, 3.8) is 0 Å². The molecular formula is C25H33N5O2S. The molecule has 1 aromatic carbocycles. The summed E-state index contributed by atoms with van der Waals surface area (Å²) in [6, 6.07) is 14.9. The van der Waals surface area contributed by atoms with E-state index in [2.05, 4.69) is 51.1 Å². The molecule has 0 atom stereocenters. The molecule has 0 spiro atoms. The van der Waals surface area contributed by atoms with Crippen LogP contribution in [0.3, 0.4) is 0 Å². The predicted octanol–water partition coefficient (Wildman–Crippen LogP) is 3.47. The molecule has 8 heteroatoms. The summed E-state index contributed by atoms with van der Waals surface area (Å²) < 4.78 is 25.8. The third-order valence-electron chi connectivity index (χ3n) is 7.28. The lowest BCUT2D eigenvalue weighted by molar-refractivity contribution is 0.305. The summed E-state index contributed by atoms with van der Waals surface area (Å²) in [5.41, 5.74) is 2.16. The summed E-state index contributed by atoms with van der Waals surface area (Å²) in [6.45, 7) is 3.54. The van der Waals surface area contributed by atoms with Gasteiger partial charge in [0.05, 0.1) is 4.90 Å². The zero-order chi connectivity index (χ0) is 23.0. The van der Waals surface area contributed by atoms with Gasteiger partial charge in [0.15, 0.2) is 9.84 Å². The number of pyridine rings is 1. The highest BCUT2D eigenvalue weighted by atomic mass is 32.2. The van der Waals surface area contributed by atoms with Crippen LogP contribution >= 0.6 is 0 Å². The predicted molar refractivity (Wildman–Crippen MR) is 134 cm³/mol. The van der Waals surface area contributed by atoms with Crippen LogP contribution in [0.25, 0.3) is 11.0 Å². The lowest BCUT2D eigenvalue weighted by Crippen LogP contribution is -2.46. The van der Waals surface area contributed by atoms with Crippen molar-refractivity contribution in [1.29, 1.82) is 0 Å². The average molecular weight is 468 g/mol. The molecule has 0 radical (unpaired) electrons. The van der Waals surface area contributed by atoms with E-state index in [1.807, 2.05) is 12.1 Å². The first-order chi connectivity index (χ1) is 15.9. The topological polar surface area (TPSA) is 70.5 Å². The molecule has 0 bridgehead atoms. The quantitative estimate of drug-likeness (QED) is 0.620. The smallest absolute Gasteiger partial charge is 0.175 e. The molecule has 1 saturated heterocycles. The van der Waals surface area contributed by atoms with Crippen LogP contribution in [0.1, 0.15) is 31.7 Å². The van der Waals surface area contributed by atoms with Crippen LogP contribution in [-0.4, -0.2) is 63.5 Å². The molecule has 1 N–H and O–H groups in total. The Kier molecular flexibility index (Phi) is 6.05. The van der Waals surface area contributed by atoms with E-state index in [1.165, 1.54) is 37.3 Å². The highest BCUT2D eigenvalue weighted by molar-refractivity contribution is 7.90. The first-order valence-electron chi connectivity index (χ1n) is 11.9. The van der Waals surface area contributed by atoms with E-state index >= 15 is 0 Å². The number of nitrogens with zero attached hydrogens (tertiary/aromatic N) is 4. The van der Waals surface area contributed by atoms with Gasteiger partial charge in [-0.1, -0.05) is 0 Å². The Morgan fingerprint density at radius 3 is 2.18 bits per heavy atom. The van der Waals surface area contributed by atoms with E-state index < -0.39 is 9.84 Å². The Labute approximate surface area is 196 Å². The van der Waals surface area contributed by atoms with Crippen molar-refractivity contribution in [2.45, 2.75) is 42.7 Å². The monoisotopic (exact) mass is 467 g/mol. The van der Waals surface area contributed by atoms with Crippen LogP contribution in [0.4, 0.5) is 11.5 Å². The maximum Gasteiger partial charge on any atom is 0.175 e. The number of nitrogens with one attached hydrogen (secondary N) is 1. The molecule has 176 valence electrons. The fourth-order valence-electron chi connectivity index (χ4n) is 5.23. The van der Waals surface area contributed by atoms with Crippen LogP contribution in [0.15, 0.2) is 53.6 Å². The SMILES string of the molecule is CN[C@H]1CC[C@@H](n2ccc3ccc(N4CCN(c5ccc(S(C)(=O)=O)cc5)CC4)nc32)CC1. The van der Waals surface area contributed by atoms with Crippen molar-refractivity contribution in [2.24, 2.45) is 0 Å². The van der Waals surface area contributed by atoms with E-state index in [4.69, 9.17) is 4.98 Å². The number of benzene rings is 1. The van der Waals surface area contributed by atoms with Crippen molar-refractivity contribution in [3.8, 4) is 0 Å². The van der Waals surface area contributed by atoms with E-state index in [0.29, 0.717) is 17.0 Å². The van der Waals surface area contributed by atoms with E-state index in [0.717, 1.165) is 43.3 Å². The second-order valence-electron chi connectivity index (χ2n) is 9.34.